The number of nitrogens with zero attached hydrogens (tertiary/aromatic N) is 14. The summed E-state index contributed by atoms with van der Waals surface area (Å²) in [6.45, 7) is 147. The predicted octanol–water partition coefficient (Wildman–Crippen LogP) is 24.2. The van der Waals surface area contributed by atoms with Crippen molar-refractivity contribution in [2.75, 3.05) is 190 Å². The number of hydrogen-bond acceptors (Lipinski definition) is 18. The lowest BCUT2D eigenvalue weighted by molar-refractivity contribution is 0.0408. The van der Waals surface area contributed by atoms with Crippen LogP contribution in [0.25, 0.3) is 0 Å². The third kappa shape index (κ3) is 55.5. The smallest absolute Gasteiger partial charge is 0.0242 e. The van der Waals surface area contributed by atoms with Gasteiger partial charge in [0, 0.05) is 251 Å². The summed E-state index contributed by atoms with van der Waals surface area (Å²) in [7, 11) is 0. The largest absolute Gasteiger partial charge is 0.314 e. The van der Waals surface area contributed by atoms with E-state index in [1.807, 2.05) is 0 Å². The zero-order valence-electron chi connectivity index (χ0n) is 106. The van der Waals surface area contributed by atoms with Crippen molar-refractivity contribution in [3.8, 4) is 0 Å². The van der Waals surface area contributed by atoms with Crippen LogP contribution in [0.2, 0.25) is 0 Å². The lowest BCUT2D eigenvalue weighted by atomic mass is 9.84. The summed E-state index contributed by atoms with van der Waals surface area (Å²) in [6.07, 6.45) is 16.8. The van der Waals surface area contributed by atoms with E-state index in [1.165, 1.54) is 241 Å². The Balaban J connectivity index is 0.000000528. The van der Waals surface area contributed by atoms with Crippen molar-refractivity contribution in [1.29, 1.82) is 0 Å². The van der Waals surface area contributed by atoms with Gasteiger partial charge in [-0.1, -0.05) is 138 Å². The van der Waals surface area contributed by atoms with E-state index in [9.17, 15) is 0 Å². The van der Waals surface area contributed by atoms with Crippen molar-refractivity contribution in [3.63, 3.8) is 0 Å². The molecule has 856 valence electrons. The molecule has 18 nitrogen and oxygen atoms in total. The van der Waals surface area contributed by atoms with Crippen molar-refractivity contribution in [3.05, 3.63) is 0 Å². The van der Waals surface area contributed by atoms with Gasteiger partial charge in [0.15, 0.2) is 0 Å². The number of hydrogen-bond donors (Lipinski definition) is 4. The molecule has 143 heavy (non-hydrogen) atoms. The molecule has 0 aromatic heterocycles. The van der Waals surface area contributed by atoms with Gasteiger partial charge in [-0.15, -0.1) is 0 Å². The average molecular weight is 2020 g/mol. The fraction of sp³-hybridized carbons (Fsp3) is 1.00. The van der Waals surface area contributed by atoms with Crippen molar-refractivity contribution in [1.82, 2.24) is 89.9 Å². The number of piperazine rings is 2. The first-order valence-corrected chi connectivity index (χ1v) is 62.1. The maximum atomic E-state index is 3.38. The van der Waals surface area contributed by atoms with E-state index in [1.54, 1.807) is 0 Å². The highest BCUT2D eigenvalue weighted by Gasteiger charge is 2.47. The number of nitrogens with one attached hydrogen (secondary N) is 4. The van der Waals surface area contributed by atoms with E-state index >= 15 is 0 Å². The van der Waals surface area contributed by atoms with Gasteiger partial charge in [0.2, 0.25) is 0 Å². The van der Waals surface area contributed by atoms with E-state index < -0.39 is 0 Å². The highest BCUT2D eigenvalue weighted by atomic mass is 15.4. The minimum absolute atomic E-state index is 0.606. The molecule has 12 heterocycles. The Labute approximate surface area is 899 Å². The van der Waals surface area contributed by atoms with Crippen LogP contribution < -0.4 is 21.3 Å². The second-order valence-corrected chi connectivity index (χ2v) is 54.6. The lowest BCUT2D eigenvalue weighted by Gasteiger charge is -2.44. The molecule has 12 saturated heterocycles. The Morgan fingerprint density at radius 2 is 0.420 bits per heavy atom. The first-order chi connectivity index (χ1) is 66.8. The monoisotopic (exact) mass is 2020 g/mol. The summed E-state index contributed by atoms with van der Waals surface area (Å²) in [5.41, 5.74) is 0. The van der Waals surface area contributed by atoms with Gasteiger partial charge in [-0.25, -0.2) is 0 Å². The van der Waals surface area contributed by atoms with Gasteiger partial charge in [-0.2, -0.15) is 0 Å². The van der Waals surface area contributed by atoms with Gasteiger partial charge in [0.05, 0.1) is 0 Å². The molecule has 1 saturated carbocycles. The first-order valence-electron chi connectivity index (χ1n) is 62.1. The van der Waals surface area contributed by atoms with Gasteiger partial charge >= 0.3 is 0 Å². The van der Waals surface area contributed by atoms with Crippen molar-refractivity contribution in [2.24, 2.45) is 88.8 Å². The number of rotatable bonds is 31. The predicted molar refractivity (Wildman–Crippen MR) is 639 cm³/mol. The molecule has 13 aliphatic rings. The van der Waals surface area contributed by atoms with Crippen LogP contribution in [0.15, 0.2) is 0 Å². The average Bonchev–Trinajstić information content (AvgIpc) is 1.63. The van der Waals surface area contributed by atoms with Gasteiger partial charge in [-0.3, -0.25) is 34.3 Å². The lowest BCUT2D eigenvalue weighted by Crippen LogP contribution is -2.51. The van der Waals surface area contributed by atoms with Crippen LogP contribution >= 0.6 is 0 Å². The normalized spacial score (nSPS) is 25.6. The number of fused-ring (bicyclic) bond motifs is 5. The van der Waals surface area contributed by atoms with Crippen LogP contribution in [0.3, 0.4) is 0 Å². The van der Waals surface area contributed by atoms with Crippen molar-refractivity contribution >= 4 is 0 Å². The molecule has 13 fully saturated rings. The van der Waals surface area contributed by atoms with Gasteiger partial charge in [-0.05, 0) is 425 Å². The molecule has 13 rings (SSSR count). The van der Waals surface area contributed by atoms with Crippen LogP contribution in [-0.2, 0) is 0 Å². The highest BCUT2D eigenvalue weighted by molar-refractivity contribution is 5.03. The number of piperidine rings is 4. The molecule has 4 bridgehead atoms. The Hall–Kier alpha value is -0.720. The minimum Gasteiger partial charge on any atom is -0.314 e. The minimum atomic E-state index is 0.606. The van der Waals surface area contributed by atoms with Gasteiger partial charge in [0.1, 0.15) is 0 Å². The van der Waals surface area contributed by atoms with Crippen LogP contribution in [0.5, 0.6) is 0 Å². The SMILES string of the molecule is CC(C)C1CC2CC1CN2C(C)C.CC(C)C1CCCN(C(C)C)C1.CC(C)C1CCN(C(C)C)C1.CC(C)C1CCN(C(C)C)CC1.CC(C)C1CCN(C(C)C)CC1.CC(C)C1CN(C(C)C)C1.CC(C)N1CC2CC1CN2C(C)C.CC(C)N1CC2CN(C(C)C)CC2C1.CC(C)N1CCCN(C(C)C)CC1.CC(C)N1CCN(C(C)C)CC1.CC(C)NCCCNC(C)C.CC(C)NCCNC(C)C. The summed E-state index contributed by atoms with van der Waals surface area (Å²) in [6, 6.07) is 15.4. The van der Waals surface area contributed by atoms with Crippen LogP contribution in [0.4, 0.5) is 0 Å². The van der Waals surface area contributed by atoms with Crippen LogP contribution in [-0.4, -0.2) is 385 Å². The van der Waals surface area contributed by atoms with Crippen LogP contribution in [0.1, 0.15) is 409 Å². The van der Waals surface area contributed by atoms with Crippen LogP contribution in [0, 0.1) is 88.8 Å². The zero-order chi connectivity index (χ0) is 109. The molecule has 1 aliphatic carbocycles. The summed E-state index contributed by atoms with van der Waals surface area (Å²) in [5.74, 6) is 14.1. The van der Waals surface area contributed by atoms with Gasteiger partial charge in [0.25, 0.3) is 0 Å². The molecule has 4 N–H and O–H groups in total. The first kappa shape index (κ1) is 138. The fourth-order valence-electron chi connectivity index (χ4n) is 24.2. The molecule has 0 aromatic carbocycles. The fourth-order valence-corrected chi connectivity index (χ4v) is 24.2. The quantitative estimate of drug-likeness (QED) is 0.0496. The summed E-state index contributed by atoms with van der Waals surface area (Å²) >= 11 is 0. The van der Waals surface area contributed by atoms with Gasteiger partial charge < -0.3 is 55.6 Å². The molecule has 0 spiro atoms. The second-order valence-electron chi connectivity index (χ2n) is 54.6. The van der Waals surface area contributed by atoms with Crippen molar-refractivity contribution in [2.45, 2.75) is 536 Å². The van der Waals surface area contributed by atoms with E-state index in [-0.39, 0.29) is 0 Å². The molecule has 0 radical (unpaired) electrons. The highest BCUT2D eigenvalue weighted by Crippen LogP contribution is 2.46. The summed E-state index contributed by atoms with van der Waals surface area (Å²) in [5, 5.41) is 13.4. The molecule has 0 amide bonds. The molecule has 12 aliphatic heterocycles. The maximum Gasteiger partial charge on any atom is 0.0242 e. The van der Waals surface area contributed by atoms with E-state index in [0.29, 0.717) is 36.3 Å². The Bertz CT molecular complexity index is 2650. The molecule has 7 atom stereocenters. The molecule has 7 unspecified atom stereocenters. The Kier molecular flexibility index (Phi) is 71.3. The Morgan fingerprint density at radius 1 is 0.175 bits per heavy atom. The molecular formula is C125H266N18. The maximum absolute atomic E-state index is 3.38. The zero-order valence-corrected chi connectivity index (χ0v) is 106. The number of likely N-dealkylation sites (tertiary alicyclic amines) is 10. The van der Waals surface area contributed by atoms with E-state index in [2.05, 4.69) is 422 Å². The van der Waals surface area contributed by atoms with E-state index in [0.717, 1.165) is 206 Å². The molecule has 0 aromatic rings. The third-order valence-corrected chi connectivity index (χ3v) is 35.5. The second kappa shape index (κ2) is 73.7. The molecule has 18 heteroatoms. The summed E-state index contributed by atoms with van der Waals surface area (Å²) < 4.78 is 0. The standard InChI is InChI=1S/C12H24N2.C12H23N.C11H22N2.C11H24N2.3C11H23N.C10H22N2.C10H21N.C9H22N2.C9H19N.C8H20N2/c1-9(2)13-5-11-7-14(10(3)4)8-12(11)6-13;2*1-8(2)12-6-11-5-10(12)7-13(11)9(3)4;1-10(2)12-6-5-7-13(9-8-12)11(3)4;2*1-9(2)11-5-7-12(8-6-11)10(3)4;1-9(2)11-6-5-7-12(8-11)10(3)4;1-9(2)11-5-7-12(8-6-11)10(3)4;1-8(2)10-5-6-11(7-10)9(3)4;1-8(2)10-6-5-7-11-9(3)4;1-7(2)9-5-10(6-9)8(3)4;1-7(2)9-5-6-10-8(3)4/h9-12H,5-8H2,1-4H3;8-12H,5-7H2,1-4H3;8-11H,5-7H2,1-4H3;10-11H,5-9H2,1-4H3;3*9-11H,5-8H2,1-4H3;9-10H,5-8H2,1-4H3;8-10H,5-7H2,1-4H3;8-11H,5-7H2,1-4H3;7-9H,5-6H2,1-4H3;7-10H,5-6H2,1-4H3. The topological polar surface area (TPSA) is 93.5 Å². The summed E-state index contributed by atoms with van der Waals surface area (Å²) in [4.78, 5) is 36.6. The molecular weight excluding hydrogens is 1750 g/mol. The third-order valence-electron chi connectivity index (χ3n) is 35.5. The van der Waals surface area contributed by atoms with Crippen molar-refractivity contribution < 1.29 is 0 Å². The van der Waals surface area contributed by atoms with E-state index in [4.69, 9.17) is 0 Å². The Morgan fingerprint density at radius 3 is 0.671 bits per heavy atom.